The highest BCUT2D eigenvalue weighted by molar-refractivity contribution is 8.13. The van der Waals surface area contributed by atoms with Gasteiger partial charge in [0.2, 0.25) is 0 Å². The molecule has 14 heavy (non-hydrogen) atoms. The molecule has 0 aromatic carbocycles. The molecule has 2 N–H and O–H groups in total. The Morgan fingerprint density at radius 2 is 2.29 bits per heavy atom. The van der Waals surface area contributed by atoms with Crippen molar-refractivity contribution in [1.29, 1.82) is 0 Å². The highest BCUT2D eigenvalue weighted by atomic mass is 32.2. The summed E-state index contributed by atoms with van der Waals surface area (Å²) in [5, 5.41) is 11.5. The fraction of sp³-hybridized carbons (Fsp3) is 0.778. The number of fused-ring (bicyclic) bond motifs is 1. The molecule has 1 heterocycles. The lowest BCUT2D eigenvalue weighted by Crippen LogP contribution is -2.36. The van der Waals surface area contributed by atoms with Gasteiger partial charge in [-0.3, -0.25) is 10.3 Å². The molecule has 1 amide bonds. The lowest BCUT2D eigenvalue weighted by Gasteiger charge is -2.32. The van der Waals surface area contributed by atoms with Crippen molar-refractivity contribution >= 4 is 23.0 Å². The van der Waals surface area contributed by atoms with E-state index in [0.717, 1.165) is 12.2 Å². The molecule has 78 valence electrons. The summed E-state index contributed by atoms with van der Waals surface area (Å²) in [6, 6.07) is 0.367. The van der Waals surface area contributed by atoms with Gasteiger partial charge in [-0.1, -0.05) is 24.6 Å². The zero-order valence-corrected chi connectivity index (χ0v) is 8.72. The van der Waals surface area contributed by atoms with Crippen molar-refractivity contribution in [2.24, 2.45) is 10.9 Å². The summed E-state index contributed by atoms with van der Waals surface area (Å²) in [5.41, 5.74) is 0. The minimum absolute atomic E-state index is 0.367. The summed E-state index contributed by atoms with van der Waals surface area (Å²) in [6.45, 7) is 0. The summed E-state index contributed by atoms with van der Waals surface area (Å²) < 4.78 is 0. The number of nitrogens with one attached hydrogen (secondary N) is 1. The number of nitrogens with zero attached hydrogens (tertiary/aromatic N) is 1. The maximum atomic E-state index is 10.4. The van der Waals surface area contributed by atoms with Crippen LogP contribution >= 0.6 is 11.8 Å². The maximum Gasteiger partial charge on any atom is 0.410 e. The van der Waals surface area contributed by atoms with Crippen LogP contribution in [0.3, 0.4) is 0 Å². The van der Waals surface area contributed by atoms with E-state index in [-0.39, 0.29) is 0 Å². The molecular weight excluding hydrogens is 200 g/mol. The van der Waals surface area contributed by atoms with Crippen LogP contribution in [0.1, 0.15) is 25.7 Å². The minimum atomic E-state index is -1.01. The number of thioether (sulfide) groups is 1. The fourth-order valence-electron chi connectivity index (χ4n) is 2.09. The van der Waals surface area contributed by atoms with Gasteiger partial charge in [-0.2, -0.15) is 0 Å². The molecule has 2 rings (SSSR count). The van der Waals surface area contributed by atoms with E-state index in [0.29, 0.717) is 17.1 Å². The van der Waals surface area contributed by atoms with Gasteiger partial charge in [0, 0.05) is 5.75 Å². The van der Waals surface area contributed by atoms with Crippen molar-refractivity contribution in [1.82, 2.24) is 5.32 Å². The maximum absolute atomic E-state index is 10.4. The van der Waals surface area contributed by atoms with Gasteiger partial charge in [-0.05, 0) is 18.8 Å². The molecule has 1 fully saturated rings. The van der Waals surface area contributed by atoms with Crippen molar-refractivity contribution in [3.8, 4) is 0 Å². The predicted molar refractivity (Wildman–Crippen MR) is 56.8 cm³/mol. The molecule has 2 aliphatic rings. The molecule has 0 radical (unpaired) electrons. The van der Waals surface area contributed by atoms with E-state index in [9.17, 15) is 4.79 Å². The first-order chi connectivity index (χ1) is 6.75. The van der Waals surface area contributed by atoms with E-state index >= 15 is 0 Å². The molecule has 1 saturated carbocycles. The molecule has 4 nitrogen and oxygen atoms in total. The SMILES string of the molecule is O=C(O)NC1=NC2CCCCC2CS1. The number of amides is 1. The number of amidine groups is 1. The summed E-state index contributed by atoms with van der Waals surface area (Å²) in [5.74, 6) is 1.69. The molecule has 0 bridgehead atoms. The average molecular weight is 214 g/mol. The molecular formula is C9H14N2O2S. The molecule has 0 saturated heterocycles. The van der Waals surface area contributed by atoms with Gasteiger partial charge < -0.3 is 5.11 Å². The largest absolute Gasteiger partial charge is 0.465 e. The van der Waals surface area contributed by atoms with Crippen LogP contribution in [0.4, 0.5) is 4.79 Å². The Hall–Kier alpha value is -0.710. The Balaban J connectivity index is 2.00. The summed E-state index contributed by atoms with van der Waals surface area (Å²) in [6.07, 6.45) is 3.90. The molecule has 2 unspecified atom stereocenters. The number of aliphatic imine (C=N–C) groups is 1. The molecule has 5 heteroatoms. The van der Waals surface area contributed by atoms with E-state index in [1.54, 1.807) is 0 Å². The Bertz CT molecular complexity index is 268. The lowest BCUT2D eigenvalue weighted by atomic mass is 9.86. The van der Waals surface area contributed by atoms with Gasteiger partial charge in [-0.15, -0.1) is 0 Å². The Kier molecular flexibility index (Phi) is 2.96. The smallest absolute Gasteiger partial charge is 0.410 e. The third-order valence-corrected chi connectivity index (χ3v) is 3.88. The van der Waals surface area contributed by atoms with Crippen molar-refractivity contribution in [2.75, 3.05) is 5.75 Å². The Labute approximate surface area is 87.2 Å². The molecule has 2 atom stereocenters. The summed E-state index contributed by atoms with van der Waals surface area (Å²) >= 11 is 1.54. The first kappa shape index (κ1) is 9.83. The van der Waals surface area contributed by atoms with Crippen LogP contribution in [-0.4, -0.2) is 28.2 Å². The standard InChI is InChI=1S/C9H14N2O2S/c12-9(13)11-8-10-7-4-2-1-3-6(7)5-14-8/h6-7H,1-5H2,(H,10,11)(H,12,13). The number of hydrogen-bond acceptors (Lipinski definition) is 3. The van der Waals surface area contributed by atoms with Gasteiger partial charge in [0.1, 0.15) is 0 Å². The van der Waals surface area contributed by atoms with Crippen LogP contribution < -0.4 is 5.32 Å². The van der Waals surface area contributed by atoms with Gasteiger partial charge in [0.15, 0.2) is 5.17 Å². The second-order valence-electron chi connectivity index (χ2n) is 3.79. The number of carboxylic acid groups (broad SMARTS) is 1. The van der Waals surface area contributed by atoms with Crippen LogP contribution in [0.2, 0.25) is 0 Å². The number of hydrogen-bond donors (Lipinski definition) is 2. The quantitative estimate of drug-likeness (QED) is 0.647. The molecule has 1 aliphatic carbocycles. The second kappa shape index (κ2) is 4.21. The number of carbonyl (C=O) groups is 1. The first-order valence-electron chi connectivity index (χ1n) is 4.96. The van der Waals surface area contributed by atoms with E-state index < -0.39 is 6.09 Å². The fourth-order valence-corrected chi connectivity index (χ4v) is 3.22. The molecule has 1 aliphatic heterocycles. The number of rotatable bonds is 0. The van der Waals surface area contributed by atoms with Crippen molar-refractivity contribution in [3.05, 3.63) is 0 Å². The minimum Gasteiger partial charge on any atom is -0.465 e. The van der Waals surface area contributed by atoms with Crippen LogP contribution in [-0.2, 0) is 0 Å². The van der Waals surface area contributed by atoms with Crippen LogP contribution in [0.15, 0.2) is 4.99 Å². The molecule has 0 spiro atoms. The van der Waals surface area contributed by atoms with E-state index in [2.05, 4.69) is 10.3 Å². The van der Waals surface area contributed by atoms with E-state index in [1.165, 1.54) is 31.0 Å². The summed E-state index contributed by atoms with van der Waals surface area (Å²) in [4.78, 5) is 14.9. The van der Waals surface area contributed by atoms with Crippen LogP contribution in [0, 0.1) is 5.92 Å². The topological polar surface area (TPSA) is 61.7 Å². The average Bonchev–Trinajstić information content (AvgIpc) is 2.17. The van der Waals surface area contributed by atoms with Gasteiger partial charge in [0.25, 0.3) is 0 Å². The van der Waals surface area contributed by atoms with Gasteiger partial charge in [-0.25, -0.2) is 4.79 Å². The monoisotopic (exact) mass is 214 g/mol. The lowest BCUT2D eigenvalue weighted by molar-refractivity contribution is 0.200. The molecule has 0 aromatic heterocycles. The highest BCUT2D eigenvalue weighted by Gasteiger charge is 2.29. The highest BCUT2D eigenvalue weighted by Crippen LogP contribution is 2.33. The Morgan fingerprint density at radius 3 is 3.07 bits per heavy atom. The normalized spacial score (nSPS) is 31.6. The van der Waals surface area contributed by atoms with Crippen molar-refractivity contribution in [3.63, 3.8) is 0 Å². The summed E-state index contributed by atoms with van der Waals surface area (Å²) in [7, 11) is 0. The van der Waals surface area contributed by atoms with Gasteiger partial charge >= 0.3 is 6.09 Å². The van der Waals surface area contributed by atoms with Gasteiger partial charge in [0.05, 0.1) is 6.04 Å². The van der Waals surface area contributed by atoms with E-state index in [1.807, 2.05) is 0 Å². The third kappa shape index (κ3) is 2.20. The Morgan fingerprint density at radius 1 is 1.50 bits per heavy atom. The van der Waals surface area contributed by atoms with Crippen molar-refractivity contribution < 1.29 is 9.90 Å². The second-order valence-corrected chi connectivity index (χ2v) is 4.80. The van der Waals surface area contributed by atoms with Crippen LogP contribution in [0.25, 0.3) is 0 Å². The van der Waals surface area contributed by atoms with Crippen molar-refractivity contribution in [2.45, 2.75) is 31.7 Å². The predicted octanol–water partition coefficient (Wildman–Crippen LogP) is 1.92. The van der Waals surface area contributed by atoms with Crippen LogP contribution in [0.5, 0.6) is 0 Å². The molecule has 0 aromatic rings. The van der Waals surface area contributed by atoms with E-state index in [4.69, 9.17) is 5.11 Å². The first-order valence-corrected chi connectivity index (χ1v) is 5.95. The zero-order chi connectivity index (χ0) is 9.97. The zero-order valence-electron chi connectivity index (χ0n) is 7.90. The third-order valence-electron chi connectivity index (χ3n) is 2.80.